The van der Waals surface area contributed by atoms with Gasteiger partial charge in [0.05, 0.1) is 14.2 Å². The number of rotatable bonds is 4. The van der Waals surface area contributed by atoms with Crippen LogP contribution in [0.15, 0.2) is 12.2 Å². The van der Waals surface area contributed by atoms with Crippen LogP contribution in [0.2, 0.25) is 0 Å². The number of hydrogen-bond acceptors (Lipinski definition) is 4. The van der Waals surface area contributed by atoms with E-state index in [1.807, 2.05) is 0 Å². The molecule has 0 aliphatic rings. The van der Waals surface area contributed by atoms with E-state index in [-0.39, 0.29) is 0 Å². The SMILES string of the molecule is COC(=O)NC/C=C/CNC(=O)OC. The van der Waals surface area contributed by atoms with Crippen molar-refractivity contribution in [3.63, 3.8) is 0 Å². The molecule has 0 unspecified atom stereocenters. The number of carbonyl (C=O) groups excluding carboxylic acids is 2. The van der Waals surface area contributed by atoms with Crippen LogP contribution in [0.4, 0.5) is 9.59 Å². The molecule has 0 saturated heterocycles. The monoisotopic (exact) mass is 202 g/mol. The van der Waals surface area contributed by atoms with Crippen molar-refractivity contribution >= 4 is 12.2 Å². The van der Waals surface area contributed by atoms with Crippen LogP contribution in [-0.2, 0) is 9.47 Å². The smallest absolute Gasteiger partial charge is 0.407 e. The molecule has 0 aromatic rings. The fraction of sp³-hybridized carbons (Fsp3) is 0.500. The highest BCUT2D eigenvalue weighted by Gasteiger charge is 1.94. The summed E-state index contributed by atoms with van der Waals surface area (Å²) in [4.78, 5) is 21.1. The lowest BCUT2D eigenvalue weighted by Gasteiger charge is -1.99. The quantitative estimate of drug-likeness (QED) is 0.641. The second-order valence-corrected chi connectivity index (χ2v) is 2.22. The van der Waals surface area contributed by atoms with Crippen molar-refractivity contribution in [3.05, 3.63) is 12.2 Å². The van der Waals surface area contributed by atoms with Gasteiger partial charge in [-0.05, 0) is 0 Å². The standard InChI is InChI=1S/C8H14N2O4/c1-13-7(11)9-5-3-4-6-10-8(12)14-2/h3-4H,5-6H2,1-2H3,(H,9,11)(H,10,12)/b4-3+. The third-order valence-electron chi connectivity index (χ3n) is 1.27. The first kappa shape index (κ1) is 12.3. The Morgan fingerprint density at radius 1 is 1.00 bits per heavy atom. The van der Waals surface area contributed by atoms with Gasteiger partial charge >= 0.3 is 12.2 Å². The van der Waals surface area contributed by atoms with Gasteiger partial charge in [-0.25, -0.2) is 9.59 Å². The van der Waals surface area contributed by atoms with Gasteiger partial charge in [0.2, 0.25) is 0 Å². The van der Waals surface area contributed by atoms with Gasteiger partial charge < -0.3 is 20.1 Å². The van der Waals surface area contributed by atoms with Crippen LogP contribution < -0.4 is 10.6 Å². The Hall–Kier alpha value is -1.72. The molecule has 0 rings (SSSR count). The predicted molar refractivity (Wildman–Crippen MR) is 50.0 cm³/mol. The third-order valence-corrected chi connectivity index (χ3v) is 1.27. The van der Waals surface area contributed by atoms with E-state index in [2.05, 4.69) is 20.1 Å². The number of carbonyl (C=O) groups is 2. The minimum absolute atomic E-state index is 0.357. The van der Waals surface area contributed by atoms with E-state index >= 15 is 0 Å². The molecule has 0 fully saturated rings. The zero-order valence-corrected chi connectivity index (χ0v) is 8.20. The van der Waals surface area contributed by atoms with Crippen LogP contribution in [0, 0.1) is 0 Å². The second-order valence-electron chi connectivity index (χ2n) is 2.22. The molecule has 2 amide bonds. The Labute approximate surface area is 82.3 Å². The largest absolute Gasteiger partial charge is 0.453 e. The molecule has 2 N–H and O–H groups in total. The van der Waals surface area contributed by atoms with Crippen molar-refractivity contribution in [1.82, 2.24) is 10.6 Å². The van der Waals surface area contributed by atoms with Crippen molar-refractivity contribution in [2.24, 2.45) is 0 Å². The molecular weight excluding hydrogens is 188 g/mol. The topological polar surface area (TPSA) is 76.7 Å². The maximum Gasteiger partial charge on any atom is 0.407 e. The zero-order valence-electron chi connectivity index (χ0n) is 8.20. The molecule has 0 aromatic carbocycles. The highest BCUT2D eigenvalue weighted by molar-refractivity contribution is 5.67. The molecule has 80 valence electrons. The van der Waals surface area contributed by atoms with Crippen LogP contribution >= 0.6 is 0 Å². The molecule has 0 radical (unpaired) electrons. The van der Waals surface area contributed by atoms with Crippen molar-refractivity contribution in [2.75, 3.05) is 27.3 Å². The number of hydrogen-bond donors (Lipinski definition) is 2. The molecule has 0 atom stereocenters. The summed E-state index contributed by atoms with van der Waals surface area (Å²) >= 11 is 0. The molecule has 0 aromatic heterocycles. The third kappa shape index (κ3) is 6.96. The molecular formula is C8H14N2O4. The van der Waals surface area contributed by atoms with Gasteiger partial charge in [0.15, 0.2) is 0 Å². The van der Waals surface area contributed by atoms with Crippen LogP contribution in [-0.4, -0.2) is 39.5 Å². The van der Waals surface area contributed by atoms with E-state index < -0.39 is 12.2 Å². The number of nitrogens with one attached hydrogen (secondary N) is 2. The van der Waals surface area contributed by atoms with Crippen LogP contribution in [0.5, 0.6) is 0 Å². The predicted octanol–water partition coefficient (Wildman–Crippen LogP) is 0.255. The highest BCUT2D eigenvalue weighted by atomic mass is 16.5. The first-order valence-electron chi connectivity index (χ1n) is 3.99. The van der Waals surface area contributed by atoms with E-state index in [0.29, 0.717) is 13.1 Å². The van der Waals surface area contributed by atoms with Gasteiger partial charge in [0.1, 0.15) is 0 Å². The average molecular weight is 202 g/mol. The molecule has 0 heterocycles. The molecule has 14 heavy (non-hydrogen) atoms. The van der Waals surface area contributed by atoms with Crippen LogP contribution in [0.25, 0.3) is 0 Å². The van der Waals surface area contributed by atoms with E-state index in [1.54, 1.807) is 12.2 Å². The van der Waals surface area contributed by atoms with Gasteiger partial charge in [-0.1, -0.05) is 12.2 Å². The Morgan fingerprint density at radius 2 is 1.36 bits per heavy atom. The summed E-state index contributed by atoms with van der Waals surface area (Å²) in [7, 11) is 2.58. The number of methoxy groups -OCH3 is 2. The van der Waals surface area contributed by atoms with Crippen LogP contribution in [0.1, 0.15) is 0 Å². The Morgan fingerprint density at radius 3 is 1.64 bits per heavy atom. The molecule has 6 heteroatoms. The maximum atomic E-state index is 10.5. The Balaban J connectivity index is 3.36. The zero-order chi connectivity index (χ0) is 10.8. The average Bonchev–Trinajstić information content (AvgIpc) is 2.22. The lowest BCUT2D eigenvalue weighted by atomic mass is 10.5. The first-order valence-corrected chi connectivity index (χ1v) is 3.99. The lowest BCUT2D eigenvalue weighted by molar-refractivity contribution is 0.171. The maximum absolute atomic E-state index is 10.5. The van der Waals surface area contributed by atoms with Crippen molar-refractivity contribution < 1.29 is 19.1 Å². The Kier molecular flexibility index (Phi) is 6.93. The summed E-state index contributed by atoms with van der Waals surface area (Å²) in [5.74, 6) is 0. The van der Waals surface area contributed by atoms with Crippen molar-refractivity contribution in [3.8, 4) is 0 Å². The minimum Gasteiger partial charge on any atom is -0.453 e. The van der Waals surface area contributed by atoms with E-state index in [4.69, 9.17) is 0 Å². The van der Waals surface area contributed by atoms with E-state index in [9.17, 15) is 9.59 Å². The highest BCUT2D eigenvalue weighted by Crippen LogP contribution is 1.75. The lowest BCUT2D eigenvalue weighted by Crippen LogP contribution is -2.24. The molecule has 0 saturated carbocycles. The van der Waals surface area contributed by atoms with Gasteiger partial charge in [-0.15, -0.1) is 0 Å². The number of ether oxygens (including phenoxy) is 2. The Bertz CT molecular complexity index is 193. The van der Waals surface area contributed by atoms with Crippen LogP contribution in [0.3, 0.4) is 0 Å². The number of alkyl carbamates (subject to hydrolysis) is 2. The molecule has 0 bridgehead atoms. The molecule has 6 nitrogen and oxygen atoms in total. The van der Waals surface area contributed by atoms with Gasteiger partial charge in [0, 0.05) is 13.1 Å². The van der Waals surface area contributed by atoms with Crippen molar-refractivity contribution in [1.29, 1.82) is 0 Å². The van der Waals surface area contributed by atoms with Gasteiger partial charge in [-0.3, -0.25) is 0 Å². The fourth-order valence-corrected chi connectivity index (χ4v) is 0.596. The first-order chi connectivity index (χ1) is 6.70. The van der Waals surface area contributed by atoms with E-state index in [1.165, 1.54) is 14.2 Å². The van der Waals surface area contributed by atoms with Gasteiger partial charge in [0.25, 0.3) is 0 Å². The number of amides is 2. The van der Waals surface area contributed by atoms with Crippen molar-refractivity contribution in [2.45, 2.75) is 0 Å². The summed E-state index contributed by atoms with van der Waals surface area (Å²) in [6.45, 7) is 0.713. The summed E-state index contributed by atoms with van der Waals surface area (Å²) in [6.07, 6.45) is 2.39. The minimum atomic E-state index is -0.490. The molecule has 0 spiro atoms. The fourth-order valence-electron chi connectivity index (χ4n) is 0.596. The summed E-state index contributed by atoms with van der Waals surface area (Å²) < 4.78 is 8.68. The summed E-state index contributed by atoms with van der Waals surface area (Å²) in [5, 5.41) is 4.89. The summed E-state index contributed by atoms with van der Waals surface area (Å²) in [6, 6.07) is 0. The normalized spacial score (nSPS) is 9.57. The molecule has 0 aliphatic carbocycles. The molecule has 0 aliphatic heterocycles. The second kappa shape index (κ2) is 7.90. The van der Waals surface area contributed by atoms with Gasteiger partial charge in [-0.2, -0.15) is 0 Å². The van der Waals surface area contributed by atoms with E-state index in [0.717, 1.165) is 0 Å². The summed E-state index contributed by atoms with van der Waals surface area (Å²) in [5.41, 5.74) is 0.